The van der Waals surface area contributed by atoms with Crippen molar-refractivity contribution in [2.75, 3.05) is 33.2 Å². The molecule has 4 heteroatoms. The topological polar surface area (TPSA) is 49.6 Å². The van der Waals surface area contributed by atoms with E-state index in [1.807, 2.05) is 11.9 Å². The van der Waals surface area contributed by atoms with Gasteiger partial charge >= 0.3 is 0 Å². The van der Waals surface area contributed by atoms with E-state index in [1.54, 1.807) is 0 Å². The number of benzene rings is 1. The Morgan fingerprint density at radius 3 is 2.48 bits per heavy atom. The lowest BCUT2D eigenvalue weighted by molar-refractivity contribution is -0.132. The van der Waals surface area contributed by atoms with E-state index in [-0.39, 0.29) is 5.91 Å². The van der Waals surface area contributed by atoms with Crippen LogP contribution in [0.15, 0.2) is 24.3 Å². The van der Waals surface area contributed by atoms with Crippen molar-refractivity contribution in [3.05, 3.63) is 35.4 Å². The number of piperidine rings is 1. The quantitative estimate of drug-likeness (QED) is 0.896. The first-order chi connectivity index (χ1) is 10.1. The summed E-state index contributed by atoms with van der Waals surface area (Å²) < 4.78 is 0. The van der Waals surface area contributed by atoms with Crippen molar-refractivity contribution in [1.82, 2.24) is 9.80 Å². The summed E-state index contributed by atoms with van der Waals surface area (Å²) in [5.41, 5.74) is 8.13. The highest BCUT2D eigenvalue weighted by Crippen LogP contribution is 2.15. The second-order valence-corrected chi connectivity index (χ2v) is 6.19. The summed E-state index contributed by atoms with van der Waals surface area (Å²) in [6, 6.07) is 8.36. The Balaban J connectivity index is 1.78. The molecule has 0 aromatic heterocycles. The van der Waals surface area contributed by atoms with E-state index in [2.05, 4.69) is 36.1 Å². The van der Waals surface area contributed by atoms with Gasteiger partial charge in [-0.15, -0.1) is 0 Å². The third kappa shape index (κ3) is 4.83. The zero-order chi connectivity index (χ0) is 15.2. The first kappa shape index (κ1) is 16.0. The van der Waals surface area contributed by atoms with E-state index in [4.69, 9.17) is 5.73 Å². The van der Waals surface area contributed by atoms with Crippen LogP contribution in [0.3, 0.4) is 0 Å². The van der Waals surface area contributed by atoms with Gasteiger partial charge in [0.2, 0.25) is 5.91 Å². The number of aryl methyl sites for hydroxylation is 1. The highest BCUT2D eigenvalue weighted by Gasteiger charge is 2.21. The predicted molar refractivity (Wildman–Crippen MR) is 85.9 cm³/mol. The van der Waals surface area contributed by atoms with Crippen molar-refractivity contribution >= 4 is 5.91 Å². The van der Waals surface area contributed by atoms with Gasteiger partial charge in [-0.05, 0) is 50.9 Å². The maximum Gasteiger partial charge on any atom is 0.236 e. The lowest BCUT2D eigenvalue weighted by atomic mass is 9.97. The number of carbonyl (C=O) groups excluding carboxylic acids is 1. The maximum atomic E-state index is 12.3. The van der Waals surface area contributed by atoms with Gasteiger partial charge in [-0.1, -0.05) is 29.8 Å². The van der Waals surface area contributed by atoms with Crippen LogP contribution in [-0.2, 0) is 11.3 Å². The molecule has 2 N–H and O–H groups in total. The fourth-order valence-corrected chi connectivity index (χ4v) is 2.75. The van der Waals surface area contributed by atoms with Gasteiger partial charge in [0.15, 0.2) is 0 Å². The molecule has 1 fully saturated rings. The summed E-state index contributed by atoms with van der Waals surface area (Å²) in [4.78, 5) is 16.4. The van der Waals surface area contributed by atoms with Crippen molar-refractivity contribution in [2.45, 2.75) is 26.3 Å². The third-order valence-electron chi connectivity index (χ3n) is 4.37. The Labute approximate surface area is 127 Å². The summed E-state index contributed by atoms with van der Waals surface area (Å²) in [5.74, 6) is 0.836. The zero-order valence-electron chi connectivity index (χ0n) is 13.2. The number of rotatable bonds is 5. The molecular weight excluding hydrogens is 262 g/mol. The number of hydrogen-bond acceptors (Lipinski definition) is 3. The summed E-state index contributed by atoms with van der Waals surface area (Å²) in [7, 11) is 1.88. The standard InChI is InChI=1S/C17H27N3O/c1-14-3-5-16(6-4-14)12-19(2)17(21)13-20-9-7-15(11-18)8-10-20/h3-6,15H,7-13,18H2,1-2H3. The molecule has 1 aliphatic rings. The van der Waals surface area contributed by atoms with Crippen molar-refractivity contribution in [1.29, 1.82) is 0 Å². The highest BCUT2D eigenvalue weighted by molar-refractivity contribution is 5.78. The molecule has 0 aliphatic carbocycles. The molecule has 0 bridgehead atoms. The number of amides is 1. The maximum absolute atomic E-state index is 12.3. The molecule has 1 heterocycles. The molecule has 0 atom stereocenters. The van der Waals surface area contributed by atoms with Gasteiger partial charge in [-0.25, -0.2) is 0 Å². The van der Waals surface area contributed by atoms with Crippen molar-refractivity contribution in [3.8, 4) is 0 Å². The second kappa shape index (κ2) is 7.57. The number of likely N-dealkylation sites (N-methyl/N-ethyl adjacent to an activating group) is 1. The Morgan fingerprint density at radius 2 is 1.90 bits per heavy atom. The van der Waals surface area contributed by atoms with E-state index in [0.717, 1.165) is 32.5 Å². The van der Waals surface area contributed by atoms with E-state index >= 15 is 0 Å². The summed E-state index contributed by atoms with van der Waals surface area (Å²) in [6.07, 6.45) is 2.23. The van der Waals surface area contributed by atoms with E-state index in [0.29, 0.717) is 19.0 Å². The van der Waals surface area contributed by atoms with Gasteiger partial charge in [0.25, 0.3) is 0 Å². The van der Waals surface area contributed by atoms with Crippen LogP contribution >= 0.6 is 0 Å². The van der Waals surface area contributed by atoms with Gasteiger partial charge in [-0.3, -0.25) is 9.69 Å². The van der Waals surface area contributed by atoms with E-state index < -0.39 is 0 Å². The highest BCUT2D eigenvalue weighted by atomic mass is 16.2. The van der Waals surface area contributed by atoms with Gasteiger partial charge in [0.1, 0.15) is 0 Å². The Kier molecular flexibility index (Phi) is 5.76. The molecule has 1 aliphatic heterocycles. The lowest BCUT2D eigenvalue weighted by Gasteiger charge is -2.32. The molecule has 2 rings (SSSR count). The molecule has 116 valence electrons. The first-order valence-electron chi connectivity index (χ1n) is 7.80. The first-order valence-corrected chi connectivity index (χ1v) is 7.80. The molecule has 4 nitrogen and oxygen atoms in total. The predicted octanol–water partition coefficient (Wildman–Crippen LogP) is 1.62. The molecule has 21 heavy (non-hydrogen) atoms. The zero-order valence-corrected chi connectivity index (χ0v) is 13.2. The van der Waals surface area contributed by atoms with Crippen LogP contribution in [0.25, 0.3) is 0 Å². The minimum Gasteiger partial charge on any atom is -0.340 e. The number of nitrogens with two attached hydrogens (primary N) is 1. The SMILES string of the molecule is Cc1ccc(CN(C)C(=O)CN2CCC(CN)CC2)cc1. The normalized spacial score (nSPS) is 16.9. The fourth-order valence-electron chi connectivity index (χ4n) is 2.75. The summed E-state index contributed by atoms with van der Waals surface area (Å²) in [6.45, 7) is 6.04. The van der Waals surface area contributed by atoms with Crippen molar-refractivity contribution in [3.63, 3.8) is 0 Å². The molecule has 0 spiro atoms. The van der Waals surface area contributed by atoms with Crippen LogP contribution in [0.5, 0.6) is 0 Å². The van der Waals surface area contributed by atoms with Gasteiger partial charge in [0.05, 0.1) is 6.54 Å². The van der Waals surface area contributed by atoms with Gasteiger partial charge in [0, 0.05) is 13.6 Å². The van der Waals surface area contributed by atoms with E-state index in [9.17, 15) is 4.79 Å². The monoisotopic (exact) mass is 289 g/mol. The number of carbonyl (C=O) groups is 1. The fraction of sp³-hybridized carbons (Fsp3) is 0.588. The van der Waals surface area contributed by atoms with Crippen LogP contribution in [0.2, 0.25) is 0 Å². The Hall–Kier alpha value is -1.39. The molecule has 1 amide bonds. The smallest absolute Gasteiger partial charge is 0.236 e. The summed E-state index contributed by atoms with van der Waals surface area (Å²) >= 11 is 0. The van der Waals surface area contributed by atoms with Crippen molar-refractivity contribution < 1.29 is 4.79 Å². The van der Waals surface area contributed by atoms with Crippen LogP contribution in [0.1, 0.15) is 24.0 Å². The minimum atomic E-state index is 0.196. The van der Waals surface area contributed by atoms with Crippen LogP contribution in [0, 0.1) is 12.8 Å². The van der Waals surface area contributed by atoms with E-state index in [1.165, 1.54) is 11.1 Å². The minimum absolute atomic E-state index is 0.196. The van der Waals surface area contributed by atoms with Crippen LogP contribution < -0.4 is 5.73 Å². The van der Waals surface area contributed by atoms with Crippen molar-refractivity contribution in [2.24, 2.45) is 11.7 Å². The molecule has 0 saturated carbocycles. The molecule has 1 saturated heterocycles. The molecule has 1 aromatic rings. The second-order valence-electron chi connectivity index (χ2n) is 6.19. The lowest BCUT2D eigenvalue weighted by Crippen LogP contribution is -2.42. The number of likely N-dealkylation sites (tertiary alicyclic amines) is 1. The van der Waals surface area contributed by atoms with Crippen LogP contribution in [-0.4, -0.2) is 48.9 Å². The van der Waals surface area contributed by atoms with Gasteiger partial charge in [-0.2, -0.15) is 0 Å². The van der Waals surface area contributed by atoms with Crippen LogP contribution in [0.4, 0.5) is 0 Å². The average molecular weight is 289 g/mol. The molecular formula is C17H27N3O. The summed E-state index contributed by atoms with van der Waals surface area (Å²) in [5, 5.41) is 0. The number of nitrogens with zero attached hydrogens (tertiary/aromatic N) is 2. The largest absolute Gasteiger partial charge is 0.340 e. The number of hydrogen-bond donors (Lipinski definition) is 1. The average Bonchev–Trinajstić information content (AvgIpc) is 2.50. The Bertz CT molecular complexity index is 450. The Morgan fingerprint density at radius 1 is 1.29 bits per heavy atom. The molecule has 0 radical (unpaired) electrons. The third-order valence-corrected chi connectivity index (χ3v) is 4.37. The van der Waals surface area contributed by atoms with Gasteiger partial charge < -0.3 is 10.6 Å². The molecule has 1 aromatic carbocycles. The molecule has 0 unspecified atom stereocenters.